The number of carboxylic acid groups (broad SMARTS) is 5. The summed E-state index contributed by atoms with van der Waals surface area (Å²) < 4.78 is 0. The van der Waals surface area contributed by atoms with Gasteiger partial charge in [-0.3, -0.25) is 67.7 Å². The van der Waals surface area contributed by atoms with E-state index in [1.165, 1.54) is 12.1 Å². The second-order valence-electron chi connectivity index (χ2n) is 16.7. The molecule has 0 spiro atoms. The molecule has 0 aromatic heterocycles. The smallest absolute Gasteiger partial charge is 0.326 e. The molecular weight excluding hydrogens is 891 g/mol. The standard InChI is InChI=1S/C46H59N7O15/c54-37(13-14-38(55)47-35(46(67)68)8-4-5-17-53-39(56)15-16-40(53)57)36(25-31-6-2-1-3-7-31)48-45(66)33-11-9-32(10-12-33)24-34-26-51(29-43(62)63)21-20-49(27-41(58)59)18-19-50(28-42(60)61)22-23-52(34)30-44(64)65/h1-3,6-7,9-12,15-16,34-36H,4-5,8,13-14,17-30H2,(H,47,55)(H,48,66)(H,58,59)(H,60,61)(H,62,63)(H,64,65)(H,67,68). The van der Waals surface area contributed by atoms with Gasteiger partial charge >= 0.3 is 29.8 Å². The van der Waals surface area contributed by atoms with Crippen LogP contribution in [0.2, 0.25) is 0 Å². The number of amides is 4. The largest absolute Gasteiger partial charge is 0.480 e. The van der Waals surface area contributed by atoms with E-state index >= 15 is 0 Å². The number of nitrogens with one attached hydrogen (secondary N) is 2. The first-order chi connectivity index (χ1) is 32.4. The van der Waals surface area contributed by atoms with Gasteiger partial charge in [-0.2, -0.15) is 0 Å². The molecule has 4 amide bonds. The van der Waals surface area contributed by atoms with E-state index in [0.717, 1.165) is 17.1 Å². The summed E-state index contributed by atoms with van der Waals surface area (Å²) in [4.78, 5) is 131. The van der Waals surface area contributed by atoms with Crippen LogP contribution in [0.3, 0.4) is 0 Å². The van der Waals surface area contributed by atoms with Crippen molar-refractivity contribution in [1.82, 2.24) is 35.1 Å². The maximum absolute atomic E-state index is 13.7. The first kappa shape index (κ1) is 53.7. The van der Waals surface area contributed by atoms with Gasteiger partial charge in [-0.25, -0.2) is 4.79 Å². The molecule has 22 nitrogen and oxygen atoms in total. The lowest BCUT2D eigenvalue weighted by Crippen LogP contribution is -2.53. The third-order valence-corrected chi connectivity index (χ3v) is 11.5. The highest BCUT2D eigenvalue weighted by molar-refractivity contribution is 6.12. The minimum atomic E-state index is -1.30. The van der Waals surface area contributed by atoms with Crippen LogP contribution in [0.4, 0.5) is 0 Å². The van der Waals surface area contributed by atoms with Crippen LogP contribution < -0.4 is 10.6 Å². The van der Waals surface area contributed by atoms with E-state index in [2.05, 4.69) is 10.6 Å². The number of benzene rings is 2. The predicted octanol–water partition coefficient (Wildman–Crippen LogP) is -0.487. The zero-order valence-corrected chi connectivity index (χ0v) is 37.6. The third-order valence-electron chi connectivity index (χ3n) is 11.5. The second-order valence-corrected chi connectivity index (χ2v) is 16.7. The Morgan fingerprint density at radius 3 is 1.69 bits per heavy atom. The lowest BCUT2D eigenvalue weighted by molar-refractivity contribution is -0.142. The molecule has 2 aromatic rings. The summed E-state index contributed by atoms with van der Waals surface area (Å²) in [6, 6.07) is 12.1. The number of hydrogen-bond acceptors (Lipinski definition) is 14. The highest BCUT2D eigenvalue weighted by atomic mass is 16.4. The van der Waals surface area contributed by atoms with Crippen molar-refractivity contribution in [2.75, 3.05) is 78.5 Å². The van der Waals surface area contributed by atoms with Gasteiger partial charge in [0, 0.05) is 89.0 Å². The Balaban J connectivity index is 1.46. The van der Waals surface area contributed by atoms with Crippen LogP contribution in [-0.4, -0.2) is 206 Å². The van der Waals surface area contributed by atoms with Crippen molar-refractivity contribution in [3.05, 3.63) is 83.4 Å². The lowest BCUT2D eigenvalue weighted by Gasteiger charge is -2.37. The molecule has 0 radical (unpaired) electrons. The summed E-state index contributed by atoms with van der Waals surface area (Å²) in [6.07, 6.45) is 2.44. The number of rotatable bonds is 25. The van der Waals surface area contributed by atoms with Crippen molar-refractivity contribution in [2.24, 2.45) is 0 Å². The van der Waals surface area contributed by atoms with Crippen LogP contribution in [0.5, 0.6) is 0 Å². The molecule has 3 atom stereocenters. The topological polar surface area (TPSA) is 312 Å². The number of ketones is 1. The maximum atomic E-state index is 13.7. The minimum absolute atomic E-state index is 0.0109. The number of nitrogens with zero attached hydrogens (tertiary/aromatic N) is 5. The summed E-state index contributed by atoms with van der Waals surface area (Å²) in [5, 5.41) is 53.7. The van der Waals surface area contributed by atoms with E-state index in [0.29, 0.717) is 17.5 Å². The van der Waals surface area contributed by atoms with Gasteiger partial charge in [0.05, 0.1) is 32.2 Å². The SMILES string of the molecule is O=C(O)CN1CCN(CC(=O)O)CCN(CC(=O)O)C(Cc2ccc(C(=O)NC(Cc3ccccc3)C(=O)CCC(=O)NC(CCCCN3C(=O)C=CC3=O)C(=O)O)cc2)CN(CC(=O)O)CC1. The summed E-state index contributed by atoms with van der Waals surface area (Å²) in [7, 11) is 0. The van der Waals surface area contributed by atoms with E-state index in [9.17, 15) is 73.5 Å². The molecule has 0 saturated carbocycles. The molecule has 22 heteroatoms. The molecule has 4 rings (SSSR count). The number of carboxylic acids is 5. The van der Waals surface area contributed by atoms with Gasteiger partial charge in [0.1, 0.15) is 6.04 Å². The van der Waals surface area contributed by atoms with Gasteiger partial charge in [0.25, 0.3) is 17.7 Å². The van der Waals surface area contributed by atoms with Crippen LogP contribution >= 0.6 is 0 Å². The molecule has 2 aromatic carbocycles. The minimum Gasteiger partial charge on any atom is -0.480 e. The first-order valence-corrected chi connectivity index (χ1v) is 22.2. The fourth-order valence-corrected chi connectivity index (χ4v) is 7.96. The normalized spacial score (nSPS) is 17.6. The monoisotopic (exact) mass is 949 g/mol. The summed E-state index contributed by atoms with van der Waals surface area (Å²) in [5.74, 6) is -8.58. The van der Waals surface area contributed by atoms with Crippen molar-refractivity contribution in [3.8, 4) is 0 Å². The van der Waals surface area contributed by atoms with Crippen LogP contribution in [0.15, 0.2) is 66.7 Å². The maximum Gasteiger partial charge on any atom is 0.326 e. The van der Waals surface area contributed by atoms with Crippen LogP contribution in [0.1, 0.15) is 53.6 Å². The second kappa shape index (κ2) is 27.1. The van der Waals surface area contributed by atoms with E-state index in [-0.39, 0.29) is 110 Å². The van der Waals surface area contributed by atoms with Crippen molar-refractivity contribution in [2.45, 2.75) is 63.1 Å². The van der Waals surface area contributed by atoms with Gasteiger partial charge in [0.2, 0.25) is 5.91 Å². The molecule has 0 aliphatic carbocycles. The molecule has 2 aliphatic rings. The summed E-state index contributed by atoms with van der Waals surface area (Å²) in [5.41, 5.74) is 1.51. The van der Waals surface area contributed by atoms with Gasteiger partial charge in [-0.1, -0.05) is 42.5 Å². The Hall–Kier alpha value is -6.88. The Bertz CT molecular complexity index is 2130. The van der Waals surface area contributed by atoms with Gasteiger partial charge in [-0.15, -0.1) is 0 Å². The van der Waals surface area contributed by atoms with Crippen molar-refractivity contribution in [1.29, 1.82) is 0 Å². The van der Waals surface area contributed by atoms with E-state index in [1.54, 1.807) is 62.1 Å². The molecule has 7 N–H and O–H groups in total. The van der Waals surface area contributed by atoms with E-state index in [1.807, 2.05) is 0 Å². The fourth-order valence-electron chi connectivity index (χ4n) is 7.96. The fraction of sp³-hybridized carbons (Fsp3) is 0.478. The van der Waals surface area contributed by atoms with Crippen molar-refractivity contribution in [3.63, 3.8) is 0 Å². The number of unbranched alkanes of at least 4 members (excludes halogenated alkanes) is 1. The molecule has 1 fully saturated rings. The van der Waals surface area contributed by atoms with Gasteiger partial charge < -0.3 is 36.2 Å². The third kappa shape index (κ3) is 18.8. The highest BCUT2D eigenvalue weighted by Gasteiger charge is 2.29. The molecule has 368 valence electrons. The van der Waals surface area contributed by atoms with Gasteiger partial charge in [-0.05, 0) is 55.4 Å². The predicted molar refractivity (Wildman–Crippen MR) is 240 cm³/mol. The molecule has 3 unspecified atom stereocenters. The van der Waals surface area contributed by atoms with Crippen molar-refractivity contribution < 1.29 is 73.5 Å². The molecule has 2 heterocycles. The molecule has 68 heavy (non-hydrogen) atoms. The summed E-state index contributed by atoms with van der Waals surface area (Å²) >= 11 is 0. The number of hydrogen-bond donors (Lipinski definition) is 7. The number of imide groups is 1. The molecular formula is C46H59N7O15. The van der Waals surface area contributed by atoms with E-state index < -0.39 is 90.5 Å². The first-order valence-electron chi connectivity index (χ1n) is 22.2. The zero-order valence-electron chi connectivity index (χ0n) is 37.6. The quantitative estimate of drug-likeness (QED) is 0.0488. The average Bonchev–Trinajstić information content (AvgIpc) is 3.60. The highest BCUT2D eigenvalue weighted by Crippen LogP contribution is 2.16. The Morgan fingerprint density at radius 1 is 0.588 bits per heavy atom. The van der Waals surface area contributed by atoms with E-state index in [4.69, 9.17) is 0 Å². The van der Waals surface area contributed by atoms with Gasteiger partial charge in [0.15, 0.2) is 5.78 Å². The lowest BCUT2D eigenvalue weighted by atomic mass is 9.98. The number of carbonyl (C=O) groups is 10. The Morgan fingerprint density at radius 2 is 1.13 bits per heavy atom. The zero-order chi connectivity index (χ0) is 49.8. The molecule has 0 bridgehead atoms. The summed E-state index contributed by atoms with van der Waals surface area (Å²) in [6.45, 7) is -0.715. The molecule has 1 saturated heterocycles. The van der Waals surface area contributed by atoms with Crippen LogP contribution in [0.25, 0.3) is 0 Å². The number of Topliss-reactive ketones (excluding diaryl/α,β-unsaturated/α-hetero) is 1. The van der Waals surface area contributed by atoms with Crippen molar-refractivity contribution >= 4 is 59.3 Å². The number of carbonyl (C=O) groups excluding carboxylic acids is 5. The van der Waals surface area contributed by atoms with Crippen LogP contribution in [-0.2, 0) is 56.0 Å². The Labute approximate surface area is 392 Å². The molecule has 2 aliphatic heterocycles. The van der Waals surface area contributed by atoms with Crippen LogP contribution in [0, 0.1) is 0 Å². The average molecular weight is 950 g/mol. The number of aliphatic carboxylic acids is 5. The Kier molecular flexibility index (Phi) is 21.4.